The van der Waals surface area contributed by atoms with E-state index in [0.717, 1.165) is 22.5 Å². The van der Waals surface area contributed by atoms with Crippen LogP contribution in [0.4, 0.5) is 0 Å². The molecule has 0 aliphatic rings. The molecule has 0 fully saturated rings. The molecule has 8 heteroatoms. The minimum atomic E-state index is 0.0745. The van der Waals surface area contributed by atoms with E-state index >= 15 is 0 Å². The number of hydrogen-bond donors (Lipinski definition) is 1. The lowest BCUT2D eigenvalue weighted by atomic mass is 10.2. The summed E-state index contributed by atoms with van der Waals surface area (Å²) in [5.41, 5.74) is 4.13. The number of rotatable bonds is 7. The van der Waals surface area contributed by atoms with Crippen LogP contribution in [0.3, 0.4) is 0 Å². The van der Waals surface area contributed by atoms with Crippen molar-refractivity contribution < 1.29 is 9.53 Å². The Hall–Kier alpha value is -1.83. The maximum atomic E-state index is 12.7. The van der Waals surface area contributed by atoms with Crippen LogP contribution in [0.15, 0.2) is 23.5 Å². The van der Waals surface area contributed by atoms with Crippen molar-refractivity contribution in [2.45, 2.75) is 32.0 Å². The van der Waals surface area contributed by atoms with Crippen molar-refractivity contribution in [1.29, 1.82) is 0 Å². The SMILES string of the molecule is COC[C@@H](C)n1c(C)cc(C(=O)CSc2nc3ncc(Cl)cc3[nH]2)c1C. The summed E-state index contributed by atoms with van der Waals surface area (Å²) in [4.78, 5) is 24.4. The van der Waals surface area contributed by atoms with Crippen LogP contribution >= 0.6 is 23.4 Å². The number of aromatic amines is 1. The van der Waals surface area contributed by atoms with Gasteiger partial charge in [0, 0.05) is 30.3 Å². The third-order valence-electron chi connectivity index (χ3n) is 4.26. The van der Waals surface area contributed by atoms with Gasteiger partial charge in [-0.05, 0) is 32.9 Å². The van der Waals surface area contributed by atoms with Gasteiger partial charge in [0.25, 0.3) is 0 Å². The van der Waals surface area contributed by atoms with Gasteiger partial charge in [0.05, 0.1) is 28.9 Å². The van der Waals surface area contributed by atoms with Crippen molar-refractivity contribution in [3.63, 3.8) is 0 Å². The number of thioether (sulfide) groups is 1. The molecule has 0 aromatic carbocycles. The van der Waals surface area contributed by atoms with E-state index in [1.54, 1.807) is 19.4 Å². The van der Waals surface area contributed by atoms with Crippen LogP contribution < -0.4 is 0 Å². The third-order valence-corrected chi connectivity index (χ3v) is 5.34. The zero-order valence-corrected chi connectivity index (χ0v) is 16.7. The van der Waals surface area contributed by atoms with Crippen molar-refractivity contribution in [1.82, 2.24) is 19.5 Å². The van der Waals surface area contributed by atoms with Crippen molar-refractivity contribution >= 4 is 40.3 Å². The number of carbonyl (C=O) groups is 1. The van der Waals surface area contributed by atoms with Gasteiger partial charge in [0.1, 0.15) is 0 Å². The molecule has 0 aliphatic heterocycles. The Morgan fingerprint density at radius 3 is 2.92 bits per heavy atom. The highest BCUT2D eigenvalue weighted by atomic mass is 35.5. The molecule has 0 spiro atoms. The average Bonchev–Trinajstić information content (AvgIpc) is 3.12. The molecule has 1 N–H and O–H groups in total. The molecule has 0 saturated heterocycles. The number of ether oxygens (including phenoxy) is 1. The number of H-pyrrole nitrogens is 1. The van der Waals surface area contributed by atoms with Gasteiger partial charge in [-0.15, -0.1) is 0 Å². The number of fused-ring (bicyclic) bond motifs is 1. The fraction of sp³-hybridized carbons (Fsp3) is 0.389. The summed E-state index contributed by atoms with van der Waals surface area (Å²) in [7, 11) is 1.68. The molecule has 26 heavy (non-hydrogen) atoms. The van der Waals surface area contributed by atoms with Gasteiger partial charge in [-0.3, -0.25) is 4.79 Å². The molecule has 3 heterocycles. The first-order valence-electron chi connectivity index (χ1n) is 8.25. The van der Waals surface area contributed by atoms with E-state index in [4.69, 9.17) is 16.3 Å². The molecule has 0 bridgehead atoms. The summed E-state index contributed by atoms with van der Waals surface area (Å²) in [6.07, 6.45) is 1.56. The number of ketones is 1. The number of aryl methyl sites for hydroxylation is 1. The monoisotopic (exact) mass is 392 g/mol. The second-order valence-corrected chi connectivity index (χ2v) is 7.64. The van der Waals surface area contributed by atoms with Crippen molar-refractivity contribution in [2.24, 2.45) is 0 Å². The van der Waals surface area contributed by atoms with Crippen molar-refractivity contribution in [2.75, 3.05) is 19.5 Å². The molecular weight excluding hydrogens is 372 g/mol. The molecule has 3 aromatic heterocycles. The molecular formula is C18H21ClN4O2S. The first kappa shape index (κ1) is 18.9. The standard InChI is InChI=1S/C18H21ClN4O2S/c1-10-5-14(12(3)23(10)11(2)8-25-4)16(24)9-26-18-21-15-6-13(19)7-20-17(15)22-18/h5-7,11H,8-9H2,1-4H3,(H,20,21,22)/t11-/m1/s1. The number of Topliss-reactive ketones (excluding diaryl/α,β-unsaturated/α-hetero) is 1. The Morgan fingerprint density at radius 1 is 1.42 bits per heavy atom. The number of nitrogens with one attached hydrogen (secondary N) is 1. The van der Waals surface area contributed by atoms with Gasteiger partial charge in [-0.1, -0.05) is 23.4 Å². The Morgan fingerprint density at radius 2 is 2.19 bits per heavy atom. The Balaban J connectivity index is 1.74. The quantitative estimate of drug-likeness (QED) is 0.481. The summed E-state index contributed by atoms with van der Waals surface area (Å²) in [5.74, 6) is 0.377. The number of halogens is 1. The second-order valence-electron chi connectivity index (χ2n) is 6.24. The van der Waals surface area contributed by atoms with Gasteiger partial charge >= 0.3 is 0 Å². The molecule has 3 rings (SSSR count). The van der Waals surface area contributed by atoms with E-state index in [2.05, 4.69) is 26.4 Å². The summed E-state index contributed by atoms with van der Waals surface area (Å²) in [5, 5.41) is 1.20. The summed E-state index contributed by atoms with van der Waals surface area (Å²) < 4.78 is 7.39. The largest absolute Gasteiger partial charge is 0.383 e. The highest BCUT2D eigenvalue weighted by Gasteiger charge is 2.19. The molecule has 0 aliphatic carbocycles. The highest BCUT2D eigenvalue weighted by Crippen LogP contribution is 2.25. The van der Waals surface area contributed by atoms with Crippen LogP contribution in [-0.2, 0) is 4.74 Å². The smallest absolute Gasteiger partial charge is 0.178 e. The highest BCUT2D eigenvalue weighted by molar-refractivity contribution is 7.99. The second kappa shape index (κ2) is 7.82. The maximum absolute atomic E-state index is 12.7. The van der Waals surface area contributed by atoms with E-state index in [1.165, 1.54) is 11.8 Å². The van der Waals surface area contributed by atoms with E-state index in [1.807, 2.05) is 19.9 Å². The normalized spacial score (nSPS) is 12.7. The van der Waals surface area contributed by atoms with Gasteiger partial charge in [0.2, 0.25) is 0 Å². The van der Waals surface area contributed by atoms with Crippen LogP contribution in [0.2, 0.25) is 5.02 Å². The molecule has 0 unspecified atom stereocenters. The summed E-state index contributed by atoms with van der Waals surface area (Å²) in [6.45, 7) is 6.67. The minimum absolute atomic E-state index is 0.0745. The van der Waals surface area contributed by atoms with Crippen molar-refractivity contribution in [3.8, 4) is 0 Å². The zero-order valence-electron chi connectivity index (χ0n) is 15.2. The van der Waals surface area contributed by atoms with Gasteiger partial charge < -0.3 is 14.3 Å². The number of hydrogen-bond acceptors (Lipinski definition) is 5. The maximum Gasteiger partial charge on any atom is 0.178 e. The lowest BCUT2D eigenvalue weighted by molar-refractivity contribution is 0.102. The summed E-state index contributed by atoms with van der Waals surface area (Å²) in [6, 6.07) is 3.90. The first-order valence-corrected chi connectivity index (χ1v) is 9.61. The topological polar surface area (TPSA) is 72.8 Å². The van der Waals surface area contributed by atoms with Crippen LogP contribution in [0.1, 0.15) is 34.7 Å². The molecule has 1 atom stereocenters. The molecule has 0 saturated carbocycles. The lowest BCUT2D eigenvalue weighted by Crippen LogP contribution is -2.14. The predicted octanol–water partition coefficient (Wildman–Crippen LogP) is 4.21. The molecule has 0 radical (unpaired) electrons. The third kappa shape index (κ3) is 3.79. The van der Waals surface area contributed by atoms with Gasteiger partial charge in [0.15, 0.2) is 16.6 Å². The first-order chi connectivity index (χ1) is 12.4. The summed E-state index contributed by atoms with van der Waals surface area (Å²) >= 11 is 7.30. The average molecular weight is 393 g/mol. The fourth-order valence-electron chi connectivity index (χ4n) is 3.19. The molecule has 6 nitrogen and oxygen atoms in total. The lowest BCUT2D eigenvalue weighted by Gasteiger charge is -2.17. The van der Waals surface area contributed by atoms with Crippen LogP contribution in [-0.4, -0.2) is 44.8 Å². The van der Waals surface area contributed by atoms with Crippen LogP contribution in [0.25, 0.3) is 11.2 Å². The number of carbonyl (C=O) groups excluding carboxylic acids is 1. The zero-order chi connectivity index (χ0) is 18.8. The number of methoxy groups -OCH3 is 1. The molecule has 0 amide bonds. The Kier molecular flexibility index (Phi) is 5.70. The Bertz CT molecular complexity index is 950. The van der Waals surface area contributed by atoms with Crippen molar-refractivity contribution in [3.05, 3.63) is 40.3 Å². The van der Waals surface area contributed by atoms with Crippen LogP contribution in [0.5, 0.6) is 0 Å². The number of aromatic nitrogens is 4. The molecule has 138 valence electrons. The van der Waals surface area contributed by atoms with E-state index < -0.39 is 0 Å². The minimum Gasteiger partial charge on any atom is -0.383 e. The van der Waals surface area contributed by atoms with E-state index in [9.17, 15) is 4.79 Å². The molecule has 3 aromatic rings. The van der Waals surface area contributed by atoms with E-state index in [0.29, 0.717) is 28.2 Å². The van der Waals surface area contributed by atoms with Gasteiger partial charge in [-0.25, -0.2) is 9.97 Å². The predicted molar refractivity (Wildman–Crippen MR) is 104 cm³/mol. The number of nitrogens with zero attached hydrogens (tertiary/aromatic N) is 3. The number of pyridine rings is 1. The van der Waals surface area contributed by atoms with Crippen LogP contribution in [0, 0.1) is 13.8 Å². The van der Waals surface area contributed by atoms with Gasteiger partial charge in [-0.2, -0.15) is 0 Å². The Labute approximate surface area is 161 Å². The van der Waals surface area contributed by atoms with E-state index in [-0.39, 0.29) is 11.8 Å². The fourth-order valence-corrected chi connectivity index (χ4v) is 4.10. The number of imidazole rings is 1.